The summed E-state index contributed by atoms with van der Waals surface area (Å²) in [6.07, 6.45) is 11.8. The Bertz CT molecular complexity index is 906. The number of hydrogen-bond donors (Lipinski definition) is 1. The van der Waals surface area contributed by atoms with Gasteiger partial charge in [0.15, 0.2) is 0 Å². The van der Waals surface area contributed by atoms with Crippen molar-refractivity contribution in [3.8, 4) is 5.75 Å². The molecule has 1 nitrogen and oxygen atoms in total. The molecule has 0 heterocycles. The van der Waals surface area contributed by atoms with Crippen molar-refractivity contribution in [2.24, 2.45) is 0 Å². The van der Waals surface area contributed by atoms with E-state index in [-0.39, 0.29) is 16.7 Å². The van der Waals surface area contributed by atoms with Crippen LogP contribution in [0.2, 0.25) is 0 Å². The van der Waals surface area contributed by atoms with Crippen molar-refractivity contribution in [3.63, 3.8) is 0 Å². The molecule has 2 rings (SSSR count). The zero-order chi connectivity index (χ0) is 26.2. The minimum absolute atomic E-state index is 0.0672. The summed E-state index contributed by atoms with van der Waals surface area (Å²) >= 11 is 0. The fourth-order valence-corrected chi connectivity index (χ4v) is 4.84. The highest BCUT2D eigenvalue weighted by molar-refractivity contribution is 5.53. The van der Waals surface area contributed by atoms with Gasteiger partial charge in [0.1, 0.15) is 5.75 Å². The van der Waals surface area contributed by atoms with Gasteiger partial charge in [0.2, 0.25) is 0 Å². The van der Waals surface area contributed by atoms with E-state index >= 15 is 0 Å². The molecule has 0 fully saturated rings. The van der Waals surface area contributed by atoms with Gasteiger partial charge < -0.3 is 5.11 Å². The summed E-state index contributed by atoms with van der Waals surface area (Å²) in [6.45, 7) is 20.4. The first kappa shape index (κ1) is 29.5. The maximum absolute atomic E-state index is 11.6. The van der Waals surface area contributed by atoms with Gasteiger partial charge in [-0.2, -0.15) is 0 Å². The number of aryl methyl sites for hydroxylation is 2. The summed E-state index contributed by atoms with van der Waals surface area (Å²) in [5.74, 6) is 0.586. The van der Waals surface area contributed by atoms with Gasteiger partial charge in [0.05, 0.1) is 0 Å². The molecule has 0 aliphatic rings. The quantitative estimate of drug-likeness (QED) is 0.268. The van der Waals surface area contributed by atoms with Crippen LogP contribution in [0.1, 0.15) is 153 Å². The molecular formula is C34H53O. The Morgan fingerprint density at radius 1 is 0.771 bits per heavy atom. The van der Waals surface area contributed by atoms with Crippen LogP contribution in [0.3, 0.4) is 0 Å². The average Bonchev–Trinajstić information content (AvgIpc) is 2.83. The van der Waals surface area contributed by atoms with Gasteiger partial charge in [0, 0.05) is 17.0 Å². The number of aromatic hydroxyl groups is 1. The van der Waals surface area contributed by atoms with Crippen LogP contribution in [0, 0.1) is 6.07 Å². The molecule has 1 heteroatoms. The number of phenols is 1. The minimum atomic E-state index is -0.0740. The van der Waals surface area contributed by atoms with Gasteiger partial charge in [-0.3, -0.25) is 0 Å². The second-order valence-electron chi connectivity index (χ2n) is 12.0. The molecule has 195 valence electrons. The first-order valence-corrected chi connectivity index (χ1v) is 14.4. The second-order valence-corrected chi connectivity index (χ2v) is 12.0. The Labute approximate surface area is 217 Å². The van der Waals surface area contributed by atoms with Crippen LogP contribution in [0.25, 0.3) is 0 Å². The number of phenolic OH excluding ortho intramolecular Hbond substituents is 1. The molecule has 0 saturated heterocycles. The molecule has 0 spiro atoms. The maximum atomic E-state index is 11.6. The van der Waals surface area contributed by atoms with Crippen molar-refractivity contribution in [2.45, 2.75) is 143 Å². The highest BCUT2D eigenvalue weighted by atomic mass is 16.3. The lowest BCUT2D eigenvalue weighted by molar-refractivity contribution is 0.418. The molecule has 0 aromatic heterocycles. The molecule has 0 aliphatic heterocycles. The summed E-state index contributed by atoms with van der Waals surface area (Å²) in [5.41, 5.74) is 7.47. The second kappa shape index (κ2) is 13.0. The number of unbranched alkanes of at least 4 members (excludes halogenated alkanes) is 4. The Balaban J connectivity index is 2.62. The third-order valence-electron chi connectivity index (χ3n) is 8.47. The molecule has 35 heavy (non-hydrogen) atoms. The zero-order valence-electron chi connectivity index (χ0n) is 24.4. The Morgan fingerprint density at radius 3 is 1.94 bits per heavy atom. The molecule has 1 atom stereocenters. The van der Waals surface area contributed by atoms with Crippen molar-refractivity contribution < 1.29 is 5.11 Å². The summed E-state index contributed by atoms with van der Waals surface area (Å²) in [4.78, 5) is 0. The molecule has 2 aromatic carbocycles. The Morgan fingerprint density at radius 2 is 1.37 bits per heavy atom. The van der Waals surface area contributed by atoms with Crippen LogP contribution in [-0.4, -0.2) is 5.11 Å². The van der Waals surface area contributed by atoms with Crippen LogP contribution in [-0.2, 0) is 23.7 Å². The van der Waals surface area contributed by atoms with E-state index in [1.54, 1.807) is 0 Å². The van der Waals surface area contributed by atoms with Gasteiger partial charge >= 0.3 is 0 Å². The Hall–Kier alpha value is -1.76. The van der Waals surface area contributed by atoms with E-state index in [2.05, 4.69) is 92.6 Å². The lowest BCUT2D eigenvalue weighted by Gasteiger charge is -2.32. The minimum Gasteiger partial charge on any atom is -0.507 e. The lowest BCUT2D eigenvalue weighted by Crippen LogP contribution is -2.21. The van der Waals surface area contributed by atoms with Gasteiger partial charge in [-0.05, 0) is 77.7 Å². The van der Waals surface area contributed by atoms with E-state index in [0.717, 1.165) is 36.8 Å². The third kappa shape index (κ3) is 7.61. The molecule has 2 aromatic rings. The number of benzene rings is 2. The average molecular weight is 478 g/mol. The van der Waals surface area contributed by atoms with E-state index in [0.29, 0.717) is 5.75 Å². The first-order chi connectivity index (χ1) is 16.5. The molecule has 1 N–H and O–H groups in total. The van der Waals surface area contributed by atoms with Crippen LogP contribution >= 0.6 is 0 Å². The third-order valence-corrected chi connectivity index (χ3v) is 8.47. The predicted octanol–water partition coefficient (Wildman–Crippen LogP) is 10.2. The van der Waals surface area contributed by atoms with Crippen molar-refractivity contribution in [1.29, 1.82) is 0 Å². The van der Waals surface area contributed by atoms with Crippen LogP contribution in [0.5, 0.6) is 5.75 Å². The van der Waals surface area contributed by atoms with Gasteiger partial charge in [-0.25, -0.2) is 0 Å². The summed E-state index contributed by atoms with van der Waals surface area (Å²) < 4.78 is 0. The van der Waals surface area contributed by atoms with E-state index in [9.17, 15) is 5.11 Å². The molecule has 0 amide bonds. The molecule has 1 radical (unpaired) electrons. The summed E-state index contributed by atoms with van der Waals surface area (Å²) in [7, 11) is 0. The molecule has 1 unspecified atom stereocenters. The van der Waals surface area contributed by atoms with Gasteiger partial charge in [-0.1, -0.05) is 112 Å². The molecular weight excluding hydrogens is 424 g/mol. The van der Waals surface area contributed by atoms with Crippen LogP contribution in [0.4, 0.5) is 0 Å². The normalized spacial score (nSPS) is 13.3. The largest absolute Gasteiger partial charge is 0.507 e. The van der Waals surface area contributed by atoms with Gasteiger partial charge in [-0.15, -0.1) is 0 Å². The first-order valence-electron chi connectivity index (χ1n) is 14.4. The fraction of sp³-hybridized carbons (Fsp3) is 0.647. The monoisotopic (exact) mass is 477 g/mol. The Kier molecular flexibility index (Phi) is 10.9. The molecule has 0 bridgehead atoms. The SMILES string of the molecule is CCCCCc1[c]c(C(C)c2cc(C(C)(C)CC)cc(C(C)(C)CC)c2O)cc(CCCCC)c1. The smallest absolute Gasteiger partial charge is 0.123 e. The van der Waals surface area contributed by atoms with E-state index in [4.69, 9.17) is 0 Å². The lowest BCUT2D eigenvalue weighted by atomic mass is 9.73. The van der Waals surface area contributed by atoms with Crippen molar-refractivity contribution in [1.82, 2.24) is 0 Å². The van der Waals surface area contributed by atoms with E-state index in [1.807, 2.05) is 0 Å². The maximum Gasteiger partial charge on any atom is 0.123 e. The van der Waals surface area contributed by atoms with Crippen molar-refractivity contribution in [2.75, 3.05) is 0 Å². The molecule has 0 saturated carbocycles. The van der Waals surface area contributed by atoms with Crippen LogP contribution < -0.4 is 0 Å². The highest BCUT2D eigenvalue weighted by Gasteiger charge is 2.29. The van der Waals surface area contributed by atoms with Crippen molar-refractivity contribution in [3.05, 3.63) is 63.7 Å². The summed E-state index contributed by atoms with van der Waals surface area (Å²) in [6, 6.07) is 13.1. The van der Waals surface area contributed by atoms with E-state index in [1.165, 1.54) is 60.8 Å². The standard InChI is InChI=1S/C34H53O/c1-10-14-16-18-26-20-27(19-17-15-11-2)22-28(21-26)25(5)30-23-29(33(6,7)12-3)24-31(32(30)35)34(8,9)13-4/h20-21,23-25,35H,10-19H2,1-9H3. The van der Waals surface area contributed by atoms with E-state index < -0.39 is 0 Å². The predicted molar refractivity (Wildman–Crippen MR) is 154 cm³/mol. The highest BCUT2D eigenvalue weighted by Crippen LogP contribution is 2.44. The summed E-state index contributed by atoms with van der Waals surface area (Å²) in [5, 5.41) is 11.6. The van der Waals surface area contributed by atoms with Gasteiger partial charge in [0.25, 0.3) is 0 Å². The zero-order valence-corrected chi connectivity index (χ0v) is 24.4. The number of rotatable bonds is 14. The van der Waals surface area contributed by atoms with Crippen LogP contribution in [0.15, 0.2) is 24.3 Å². The topological polar surface area (TPSA) is 20.2 Å². The fourth-order valence-electron chi connectivity index (χ4n) is 4.84. The molecule has 0 aliphatic carbocycles. The van der Waals surface area contributed by atoms with Crippen molar-refractivity contribution >= 4 is 0 Å². The number of hydrogen-bond acceptors (Lipinski definition) is 1.